The third-order valence-corrected chi connectivity index (χ3v) is 1.58. The maximum Gasteiger partial charge on any atom is 0.251 e. The van der Waals surface area contributed by atoms with Gasteiger partial charge in [-0.1, -0.05) is 0 Å². The van der Waals surface area contributed by atoms with E-state index in [4.69, 9.17) is 16.3 Å². The summed E-state index contributed by atoms with van der Waals surface area (Å²) >= 11 is 5.43. The monoisotopic (exact) mass is 201 g/mol. The summed E-state index contributed by atoms with van der Waals surface area (Å²) in [5, 5.41) is 0. The van der Waals surface area contributed by atoms with E-state index in [2.05, 4.69) is 0 Å². The van der Waals surface area contributed by atoms with Crippen LogP contribution in [0.15, 0.2) is 0 Å². The first-order valence-electron chi connectivity index (χ1n) is 3.76. The molecule has 0 fully saturated rings. The quantitative estimate of drug-likeness (QED) is 0.578. The molecule has 0 aromatic carbocycles. The van der Waals surface area contributed by atoms with E-state index in [0.717, 1.165) is 0 Å². The maximum atomic E-state index is 11.9. The van der Waals surface area contributed by atoms with Crippen LogP contribution in [0, 0.1) is 0 Å². The SMILES string of the molecule is COCCN(CCCl)CC(F)F. The van der Waals surface area contributed by atoms with E-state index in [-0.39, 0.29) is 6.54 Å². The van der Waals surface area contributed by atoms with Crippen LogP contribution in [0.3, 0.4) is 0 Å². The lowest BCUT2D eigenvalue weighted by atomic mass is 10.5. The van der Waals surface area contributed by atoms with Crippen molar-refractivity contribution in [2.24, 2.45) is 0 Å². The molecule has 0 N–H and O–H groups in total. The Labute approximate surface area is 76.4 Å². The number of hydrogen-bond acceptors (Lipinski definition) is 2. The van der Waals surface area contributed by atoms with Crippen LogP contribution in [-0.2, 0) is 4.74 Å². The minimum Gasteiger partial charge on any atom is -0.383 e. The maximum absolute atomic E-state index is 11.9. The molecule has 0 radical (unpaired) electrons. The van der Waals surface area contributed by atoms with Crippen molar-refractivity contribution in [3.8, 4) is 0 Å². The Balaban J connectivity index is 3.54. The molecular weight excluding hydrogens is 188 g/mol. The van der Waals surface area contributed by atoms with Gasteiger partial charge in [0.15, 0.2) is 0 Å². The molecule has 2 nitrogen and oxygen atoms in total. The summed E-state index contributed by atoms with van der Waals surface area (Å²) in [4.78, 5) is 1.58. The zero-order valence-corrected chi connectivity index (χ0v) is 7.86. The van der Waals surface area contributed by atoms with Crippen LogP contribution in [0.4, 0.5) is 8.78 Å². The second kappa shape index (κ2) is 7.71. The molecule has 0 amide bonds. The summed E-state index contributed by atoms with van der Waals surface area (Å²) in [7, 11) is 1.54. The zero-order valence-electron chi connectivity index (χ0n) is 7.10. The van der Waals surface area contributed by atoms with Crippen molar-refractivity contribution in [2.45, 2.75) is 6.43 Å². The van der Waals surface area contributed by atoms with Gasteiger partial charge in [0.2, 0.25) is 0 Å². The van der Waals surface area contributed by atoms with E-state index >= 15 is 0 Å². The molecule has 0 aliphatic rings. The van der Waals surface area contributed by atoms with Crippen molar-refractivity contribution in [3.63, 3.8) is 0 Å². The third-order valence-electron chi connectivity index (χ3n) is 1.41. The van der Waals surface area contributed by atoms with Crippen molar-refractivity contribution in [2.75, 3.05) is 39.2 Å². The molecule has 0 atom stereocenters. The van der Waals surface area contributed by atoms with Crippen molar-refractivity contribution in [1.29, 1.82) is 0 Å². The molecule has 0 unspecified atom stereocenters. The summed E-state index contributed by atoms with van der Waals surface area (Å²) in [6.45, 7) is 1.22. The average molecular weight is 202 g/mol. The number of nitrogens with zero attached hydrogens (tertiary/aromatic N) is 1. The van der Waals surface area contributed by atoms with Gasteiger partial charge in [0.1, 0.15) is 0 Å². The molecule has 0 aliphatic carbocycles. The molecule has 5 heteroatoms. The summed E-state index contributed by atoms with van der Waals surface area (Å²) in [5.41, 5.74) is 0. The Hall–Kier alpha value is 0.0700. The average Bonchev–Trinajstić information content (AvgIpc) is 2.00. The molecule has 0 bridgehead atoms. The molecule has 0 saturated heterocycles. The zero-order chi connectivity index (χ0) is 9.40. The minimum absolute atomic E-state index is 0.226. The normalized spacial score (nSPS) is 11.5. The molecule has 0 spiro atoms. The lowest BCUT2D eigenvalue weighted by molar-refractivity contribution is 0.0740. The first-order chi connectivity index (χ1) is 5.70. The van der Waals surface area contributed by atoms with Gasteiger partial charge >= 0.3 is 0 Å². The first-order valence-corrected chi connectivity index (χ1v) is 4.29. The van der Waals surface area contributed by atoms with Crippen LogP contribution >= 0.6 is 11.6 Å². The molecular formula is C7H14ClF2NO. The van der Waals surface area contributed by atoms with Crippen LogP contribution in [0.5, 0.6) is 0 Å². The number of methoxy groups -OCH3 is 1. The third kappa shape index (κ3) is 6.76. The summed E-state index contributed by atoms with van der Waals surface area (Å²) in [6, 6.07) is 0. The van der Waals surface area contributed by atoms with Gasteiger partial charge in [-0.25, -0.2) is 8.78 Å². The standard InChI is InChI=1S/C7H14ClF2NO/c1-12-5-4-11(3-2-8)6-7(9)10/h7H,2-6H2,1H3. The predicted octanol–water partition coefficient (Wildman–Crippen LogP) is 1.44. The minimum atomic E-state index is -2.30. The lowest BCUT2D eigenvalue weighted by Gasteiger charge is -2.19. The van der Waals surface area contributed by atoms with Gasteiger partial charge in [-0.15, -0.1) is 11.6 Å². The highest BCUT2D eigenvalue weighted by atomic mass is 35.5. The second-order valence-electron chi connectivity index (χ2n) is 2.37. The molecule has 0 aromatic rings. The fourth-order valence-corrected chi connectivity index (χ4v) is 1.07. The van der Waals surface area contributed by atoms with Gasteiger partial charge in [0.05, 0.1) is 13.2 Å². The Morgan fingerprint density at radius 2 is 2.08 bits per heavy atom. The molecule has 74 valence electrons. The fourth-order valence-electron chi connectivity index (χ4n) is 0.829. The Kier molecular flexibility index (Phi) is 7.75. The molecule has 0 rings (SSSR count). The van der Waals surface area contributed by atoms with Gasteiger partial charge in [-0.05, 0) is 0 Å². The molecule has 0 saturated carbocycles. The van der Waals surface area contributed by atoms with Crippen molar-refractivity contribution in [3.05, 3.63) is 0 Å². The van der Waals surface area contributed by atoms with Crippen LogP contribution in [-0.4, -0.2) is 50.6 Å². The van der Waals surface area contributed by atoms with Gasteiger partial charge in [-0.2, -0.15) is 0 Å². The molecule has 0 aromatic heterocycles. The van der Waals surface area contributed by atoms with E-state index in [1.165, 1.54) is 0 Å². The van der Waals surface area contributed by atoms with E-state index in [0.29, 0.717) is 25.6 Å². The molecule has 0 heterocycles. The van der Waals surface area contributed by atoms with Gasteiger partial charge in [0.25, 0.3) is 6.43 Å². The highest BCUT2D eigenvalue weighted by Gasteiger charge is 2.10. The smallest absolute Gasteiger partial charge is 0.251 e. The van der Waals surface area contributed by atoms with Gasteiger partial charge in [-0.3, -0.25) is 4.90 Å². The number of ether oxygens (including phenoxy) is 1. The predicted molar refractivity (Wildman–Crippen MR) is 45.0 cm³/mol. The van der Waals surface area contributed by atoms with E-state index < -0.39 is 6.43 Å². The van der Waals surface area contributed by atoms with E-state index in [1.54, 1.807) is 12.0 Å². The number of halogens is 3. The second-order valence-corrected chi connectivity index (χ2v) is 2.75. The van der Waals surface area contributed by atoms with Gasteiger partial charge < -0.3 is 4.74 Å². The highest BCUT2D eigenvalue weighted by Crippen LogP contribution is 1.98. The van der Waals surface area contributed by atoms with E-state index in [1.807, 2.05) is 0 Å². The topological polar surface area (TPSA) is 12.5 Å². The molecule has 0 aliphatic heterocycles. The van der Waals surface area contributed by atoms with E-state index in [9.17, 15) is 8.78 Å². The summed E-state index contributed by atoms with van der Waals surface area (Å²) < 4.78 is 28.6. The van der Waals surface area contributed by atoms with Gasteiger partial charge in [0, 0.05) is 26.1 Å². The summed E-state index contributed by atoms with van der Waals surface area (Å²) in [6.07, 6.45) is -2.30. The van der Waals surface area contributed by atoms with Crippen molar-refractivity contribution in [1.82, 2.24) is 4.90 Å². The Morgan fingerprint density at radius 1 is 1.42 bits per heavy atom. The fraction of sp³-hybridized carbons (Fsp3) is 1.00. The van der Waals surface area contributed by atoms with Crippen molar-refractivity contribution >= 4 is 11.6 Å². The number of alkyl halides is 3. The molecule has 12 heavy (non-hydrogen) atoms. The Bertz CT molecular complexity index is 105. The largest absolute Gasteiger partial charge is 0.383 e. The highest BCUT2D eigenvalue weighted by molar-refractivity contribution is 6.18. The first kappa shape index (κ1) is 12.1. The van der Waals surface area contributed by atoms with Crippen LogP contribution in [0.1, 0.15) is 0 Å². The number of hydrogen-bond donors (Lipinski definition) is 0. The number of rotatable bonds is 7. The van der Waals surface area contributed by atoms with Crippen LogP contribution < -0.4 is 0 Å². The van der Waals surface area contributed by atoms with Crippen LogP contribution in [0.25, 0.3) is 0 Å². The lowest BCUT2D eigenvalue weighted by Crippen LogP contribution is -2.33. The Morgan fingerprint density at radius 3 is 2.50 bits per heavy atom. The van der Waals surface area contributed by atoms with Crippen molar-refractivity contribution < 1.29 is 13.5 Å². The van der Waals surface area contributed by atoms with Crippen LogP contribution in [0.2, 0.25) is 0 Å². The summed E-state index contributed by atoms with van der Waals surface area (Å²) in [5.74, 6) is 0.371.